The number of carbonyl (C=O) groups excluding carboxylic acids is 1. The third-order valence-corrected chi connectivity index (χ3v) is 3.66. The summed E-state index contributed by atoms with van der Waals surface area (Å²) in [5.74, 6) is 0.975. The van der Waals surface area contributed by atoms with Gasteiger partial charge < -0.3 is 14.2 Å². The second kappa shape index (κ2) is 6.38. The molecule has 0 aliphatic carbocycles. The van der Waals surface area contributed by atoms with Gasteiger partial charge in [0.1, 0.15) is 5.01 Å². The standard InChI is InChI=1S/C14H15NO4S/c1-17-11-6-4-5-10(13(11)19-3)14-15-9(8-20-14)7-12(16)18-2/h4-6,8H,7H2,1-3H3. The minimum Gasteiger partial charge on any atom is -0.493 e. The van der Waals surface area contributed by atoms with Crippen LogP contribution in [-0.2, 0) is 16.0 Å². The predicted molar refractivity (Wildman–Crippen MR) is 76.4 cm³/mol. The zero-order valence-corrected chi connectivity index (χ0v) is 12.3. The molecule has 5 nitrogen and oxygen atoms in total. The van der Waals surface area contributed by atoms with E-state index in [1.54, 1.807) is 14.2 Å². The Bertz CT molecular complexity index is 609. The number of para-hydroxylation sites is 1. The van der Waals surface area contributed by atoms with Gasteiger partial charge in [-0.3, -0.25) is 4.79 Å². The van der Waals surface area contributed by atoms with E-state index in [-0.39, 0.29) is 12.4 Å². The van der Waals surface area contributed by atoms with Crippen LogP contribution in [0.4, 0.5) is 0 Å². The quantitative estimate of drug-likeness (QED) is 0.793. The van der Waals surface area contributed by atoms with Gasteiger partial charge in [-0.1, -0.05) is 6.07 Å². The molecule has 0 bridgehead atoms. The zero-order valence-electron chi connectivity index (χ0n) is 11.5. The number of aromatic nitrogens is 1. The number of rotatable bonds is 5. The highest BCUT2D eigenvalue weighted by atomic mass is 32.1. The summed E-state index contributed by atoms with van der Waals surface area (Å²) in [5, 5.41) is 2.62. The van der Waals surface area contributed by atoms with E-state index in [2.05, 4.69) is 9.72 Å². The van der Waals surface area contributed by atoms with Crippen LogP contribution < -0.4 is 9.47 Å². The Morgan fingerprint density at radius 3 is 2.70 bits per heavy atom. The van der Waals surface area contributed by atoms with E-state index in [0.29, 0.717) is 17.2 Å². The predicted octanol–water partition coefficient (Wildman–Crippen LogP) is 2.54. The van der Waals surface area contributed by atoms with Crippen LogP contribution in [0.2, 0.25) is 0 Å². The number of hydrogen-bond acceptors (Lipinski definition) is 6. The number of methoxy groups -OCH3 is 3. The van der Waals surface area contributed by atoms with Gasteiger partial charge in [-0.15, -0.1) is 11.3 Å². The molecule has 0 aliphatic heterocycles. The summed E-state index contributed by atoms with van der Waals surface area (Å²) < 4.78 is 15.3. The molecular weight excluding hydrogens is 278 g/mol. The second-order valence-corrected chi connectivity index (χ2v) is 4.80. The molecule has 1 aromatic carbocycles. The molecule has 1 heterocycles. The van der Waals surface area contributed by atoms with Crippen LogP contribution >= 0.6 is 11.3 Å². The molecule has 20 heavy (non-hydrogen) atoms. The smallest absolute Gasteiger partial charge is 0.311 e. The van der Waals surface area contributed by atoms with Crippen LogP contribution in [0, 0.1) is 0 Å². The van der Waals surface area contributed by atoms with Gasteiger partial charge in [0.25, 0.3) is 0 Å². The van der Waals surface area contributed by atoms with Crippen molar-refractivity contribution >= 4 is 17.3 Å². The lowest BCUT2D eigenvalue weighted by atomic mass is 10.2. The molecule has 0 N–H and O–H groups in total. The SMILES string of the molecule is COC(=O)Cc1csc(-c2cccc(OC)c2OC)n1. The van der Waals surface area contributed by atoms with Crippen molar-refractivity contribution in [2.45, 2.75) is 6.42 Å². The number of carbonyl (C=O) groups is 1. The van der Waals surface area contributed by atoms with Crippen molar-refractivity contribution < 1.29 is 19.0 Å². The fourth-order valence-electron chi connectivity index (χ4n) is 1.79. The minimum absolute atomic E-state index is 0.166. The van der Waals surface area contributed by atoms with Gasteiger partial charge in [-0.05, 0) is 12.1 Å². The van der Waals surface area contributed by atoms with Crippen molar-refractivity contribution in [1.29, 1.82) is 0 Å². The van der Waals surface area contributed by atoms with Gasteiger partial charge in [0.05, 0.1) is 39.0 Å². The fraction of sp³-hybridized carbons (Fsp3) is 0.286. The molecular formula is C14H15NO4S. The molecule has 0 saturated carbocycles. The van der Waals surface area contributed by atoms with Gasteiger partial charge in [-0.25, -0.2) is 4.98 Å². The van der Waals surface area contributed by atoms with E-state index < -0.39 is 0 Å². The molecule has 0 aliphatic rings. The number of esters is 1. The van der Waals surface area contributed by atoms with Gasteiger partial charge >= 0.3 is 5.97 Å². The second-order valence-electron chi connectivity index (χ2n) is 3.94. The summed E-state index contributed by atoms with van der Waals surface area (Å²) in [6.07, 6.45) is 0.166. The van der Waals surface area contributed by atoms with Crippen LogP contribution in [0.25, 0.3) is 10.6 Å². The Morgan fingerprint density at radius 1 is 1.25 bits per heavy atom. The fourth-order valence-corrected chi connectivity index (χ4v) is 2.63. The van der Waals surface area contributed by atoms with Crippen molar-refractivity contribution in [3.63, 3.8) is 0 Å². The highest BCUT2D eigenvalue weighted by Gasteiger charge is 2.15. The summed E-state index contributed by atoms with van der Waals surface area (Å²) >= 11 is 1.45. The lowest BCUT2D eigenvalue weighted by Crippen LogP contribution is -2.04. The Labute approximate surface area is 121 Å². The van der Waals surface area contributed by atoms with Crippen molar-refractivity contribution in [2.75, 3.05) is 21.3 Å². The average Bonchev–Trinajstić information content (AvgIpc) is 2.94. The van der Waals surface area contributed by atoms with Crippen LogP contribution in [0.5, 0.6) is 11.5 Å². The van der Waals surface area contributed by atoms with Crippen LogP contribution in [0.3, 0.4) is 0 Å². The molecule has 0 spiro atoms. The Kier molecular flexibility index (Phi) is 4.57. The highest BCUT2D eigenvalue weighted by Crippen LogP contribution is 2.38. The van der Waals surface area contributed by atoms with Crippen LogP contribution in [-0.4, -0.2) is 32.3 Å². The normalized spacial score (nSPS) is 10.2. The molecule has 106 valence electrons. The average molecular weight is 293 g/mol. The number of nitrogens with zero attached hydrogens (tertiary/aromatic N) is 1. The summed E-state index contributed by atoms with van der Waals surface area (Å²) in [6, 6.07) is 5.60. The van der Waals surface area contributed by atoms with Crippen molar-refractivity contribution in [1.82, 2.24) is 4.98 Å². The summed E-state index contributed by atoms with van der Waals surface area (Å²) in [5.41, 5.74) is 1.52. The first-order valence-corrected chi connectivity index (χ1v) is 6.80. The first-order valence-electron chi connectivity index (χ1n) is 5.92. The van der Waals surface area contributed by atoms with E-state index in [1.165, 1.54) is 18.4 Å². The lowest BCUT2D eigenvalue weighted by Gasteiger charge is -2.10. The molecule has 1 aromatic heterocycles. The van der Waals surface area contributed by atoms with E-state index in [1.807, 2.05) is 23.6 Å². The third kappa shape index (κ3) is 2.91. The molecule has 6 heteroatoms. The third-order valence-electron chi connectivity index (χ3n) is 2.74. The van der Waals surface area contributed by atoms with E-state index in [9.17, 15) is 4.79 Å². The number of hydrogen-bond donors (Lipinski definition) is 0. The monoisotopic (exact) mass is 293 g/mol. The molecule has 0 unspecified atom stereocenters. The maximum atomic E-state index is 11.2. The largest absolute Gasteiger partial charge is 0.493 e. The number of benzene rings is 1. The van der Waals surface area contributed by atoms with E-state index in [0.717, 1.165) is 10.6 Å². The lowest BCUT2D eigenvalue weighted by molar-refractivity contribution is -0.139. The maximum Gasteiger partial charge on any atom is 0.311 e. The van der Waals surface area contributed by atoms with Gasteiger partial charge in [-0.2, -0.15) is 0 Å². The van der Waals surface area contributed by atoms with Gasteiger partial charge in [0, 0.05) is 5.38 Å². The molecule has 2 rings (SSSR count). The Balaban J connectivity index is 2.35. The highest BCUT2D eigenvalue weighted by molar-refractivity contribution is 7.13. The van der Waals surface area contributed by atoms with Crippen molar-refractivity contribution in [3.05, 3.63) is 29.3 Å². The molecule has 0 radical (unpaired) electrons. The molecule has 0 atom stereocenters. The number of ether oxygens (including phenoxy) is 3. The zero-order chi connectivity index (χ0) is 14.5. The van der Waals surface area contributed by atoms with Crippen LogP contribution in [0.15, 0.2) is 23.6 Å². The first-order chi connectivity index (χ1) is 9.69. The summed E-state index contributed by atoms with van der Waals surface area (Å²) in [4.78, 5) is 15.7. The van der Waals surface area contributed by atoms with Gasteiger partial charge in [0.2, 0.25) is 0 Å². The first kappa shape index (κ1) is 14.3. The molecule has 2 aromatic rings. The number of thiazole rings is 1. The minimum atomic E-state index is -0.306. The maximum absolute atomic E-state index is 11.2. The summed E-state index contributed by atoms with van der Waals surface area (Å²) in [6.45, 7) is 0. The van der Waals surface area contributed by atoms with Crippen LogP contribution in [0.1, 0.15) is 5.69 Å². The summed E-state index contributed by atoms with van der Waals surface area (Å²) in [7, 11) is 4.54. The molecule has 0 saturated heterocycles. The van der Waals surface area contributed by atoms with Crippen molar-refractivity contribution in [3.8, 4) is 22.1 Å². The Morgan fingerprint density at radius 2 is 2.05 bits per heavy atom. The molecule has 0 fully saturated rings. The Hall–Kier alpha value is -2.08. The topological polar surface area (TPSA) is 57.7 Å². The van der Waals surface area contributed by atoms with Gasteiger partial charge in [0.15, 0.2) is 11.5 Å². The van der Waals surface area contributed by atoms with Crippen molar-refractivity contribution in [2.24, 2.45) is 0 Å². The van der Waals surface area contributed by atoms with E-state index in [4.69, 9.17) is 9.47 Å². The molecule has 0 amide bonds. The van der Waals surface area contributed by atoms with E-state index >= 15 is 0 Å².